The van der Waals surface area contributed by atoms with Crippen LogP contribution in [0.4, 0.5) is 0 Å². The lowest BCUT2D eigenvalue weighted by Crippen LogP contribution is -2.06. The molecule has 1 aliphatic carbocycles. The van der Waals surface area contributed by atoms with E-state index in [4.69, 9.17) is 0 Å². The molecule has 0 saturated heterocycles. The van der Waals surface area contributed by atoms with Gasteiger partial charge < -0.3 is 0 Å². The molecule has 0 N–H and O–H groups in total. The van der Waals surface area contributed by atoms with Crippen LogP contribution < -0.4 is 0 Å². The van der Waals surface area contributed by atoms with Crippen molar-refractivity contribution in [3.63, 3.8) is 0 Å². The van der Waals surface area contributed by atoms with E-state index in [2.05, 4.69) is 13.8 Å². The van der Waals surface area contributed by atoms with Crippen molar-refractivity contribution in [3.8, 4) is 0 Å². The lowest BCUT2D eigenvalue weighted by Gasteiger charge is -2.21. The van der Waals surface area contributed by atoms with Crippen LogP contribution in [-0.4, -0.2) is 0 Å². The Morgan fingerprint density at radius 1 is 1.15 bits per heavy atom. The smallest absolute Gasteiger partial charge is 0.0414 e. The predicted molar refractivity (Wildman–Crippen MR) is 59.9 cm³/mol. The van der Waals surface area contributed by atoms with Gasteiger partial charge >= 0.3 is 0 Å². The molecule has 0 radical (unpaired) electrons. The van der Waals surface area contributed by atoms with E-state index in [-0.39, 0.29) is 0 Å². The monoisotopic (exact) mass is 182 g/mol. The molecule has 0 heteroatoms. The minimum atomic E-state index is 0.962. The summed E-state index contributed by atoms with van der Waals surface area (Å²) in [7, 11) is 0. The third-order valence-corrected chi connectivity index (χ3v) is 3.73. The normalized spacial score (nSPS) is 21.7. The fraction of sp³-hybridized carbons (Fsp3) is 1.00. The fourth-order valence-corrected chi connectivity index (χ4v) is 2.43. The van der Waals surface area contributed by atoms with Gasteiger partial charge in [0.25, 0.3) is 0 Å². The van der Waals surface area contributed by atoms with Crippen LogP contribution in [0.15, 0.2) is 0 Å². The highest BCUT2D eigenvalue weighted by Crippen LogP contribution is 2.28. The van der Waals surface area contributed by atoms with Gasteiger partial charge in [-0.1, -0.05) is 71.6 Å². The molecule has 0 spiro atoms. The average Bonchev–Trinajstić information content (AvgIpc) is 2.19. The Labute approximate surface area is 84.1 Å². The molecule has 1 aliphatic rings. The van der Waals surface area contributed by atoms with Crippen molar-refractivity contribution < 1.29 is 0 Å². The Balaban J connectivity index is 1.98. The van der Waals surface area contributed by atoms with Crippen LogP contribution in [0.3, 0.4) is 0 Å². The van der Waals surface area contributed by atoms with Crippen molar-refractivity contribution in [1.29, 1.82) is 0 Å². The first-order chi connectivity index (χ1) is 6.33. The Kier molecular flexibility index (Phi) is 5.50. The summed E-state index contributed by atoms with van der Waals surface area (Å²) in [6.07, 6.45) is 13.4. The van der Waals surface area contributed by atoms with E-state index in [1.54, 1.807) is 0 Å². The fourth-order valence-electron chi connectivity index (χ4n) is 2.43. The summed E-state index contributed by atoms with van der Waals surface area (Å²) in [5.74, 6) is 2.06. The molecule has 1 rings (SSSR count). The molecule has 0 aliphatic heterocycles. The molecule has 0 heterocycles. The minimum Gasteiger partial charge on any atom is -0.0651 e. The van der Waals surface area contributed by atoms with Gasteiger partial charge in [-0.2, -0.15) is 0 Å². The zero-order valence-electron chi connectivity index (χ0n) is 9.52. The van der Waals surface area contributed by atoms with Crippen LogP contribution in [-0.2, 0) is 0 Å². The quantitative estimate of drug-likeness (QED) is 0.574. The maximum absolute atomic E-state index is 2.39. The lowest BCUT2D eigenvalue weighted by atomic mass is 9.85. The molecular formula is C13H26. The van der Waals surface area contributed by atoms with Gasteiger partial charge in [0.15, 0.2) is 0 Å². The molecule has 0 nitrogen and oxygen atoms in total. The topological polar surface area (TPSA) is 0 Å². The Hall–Kier alpha value is 0. The summed E-state index contributed by atoms with van der Waals surface area (Å²) >= 11 is 0. The van der Waals surface area contributed by atoms with Crippen molar-refractivity contribution in [1.82, 2.24) is 0 Å². The van der Waals surface area contributed by atoms with Crippen molar-refractivity contribution in [2.24, 2.45) is 11.8 Å². The van der Waals surface area contributed by atoms with E-state index >= 15 is 0 Å². The third-order valence-electron chi connectivity index (χ3n) is 3.73. The van der Waals surface area contributed by atoms with Gasteiger partial charge in [0.2, 0.25) is 0 Å². The van der Waals surface area contributed by atoms with Gasteiger partial charge in [-0.3, -0.25) is 0 Å². The number of rotatable bonds is 5. The molecular weight excluding hydrogens is 156 g/mol. The minimum absolute atomic E-state index is 0.962. The van der Waals surface area contributed by atoms with E-state index in [1.165, 1.54) is 57.8 Å². The molecule has 13 heavy (non-hydrogen) atoms. The van der Waals surface area contributed by atoms with Crippen molar-refractivity contribution in [2.75, 3.05) is 0 Å². The van der Waals surface area contributed by atoms with Crippen molar-refractivity contribution >= 4 is 0 Å². The summed E-state index contributed by atoms with van der Waals surface area (Å²) in [6.45, 7) is 4.70. The third kappa shape index (κ3) is 4.69. The van der Waals surface area contributed by atoms with Gasteiger partial charge in [0.05, 0.1) is 0 Å². The maximum Gasteiger partial charge on any atom is -0.0414 e. The maximum atomic E-state index is 2.39. The van der Waals surface area contributed by atoms with Crippen LogP contribution in [0.5, 0.6) is 0 Å². The molecule has 0 bridgehead atoms. The molecule has 78 valence electrons. The standard InChI is InChI=1S/C13H26/c1-3-12(2)8-7-11-13-9-5-4-6-10-13/h12-13H,3-11H2,1-2H3. The molecule has 0 aromatic carbocycles. The van der Waals surface area contributed by atoms with Crippen LogP contribution in [0.2, 0.25) is 0 Å². The van der Waals surface area contributed by atoms with E-state index in [0.29, 0.717) is 0 Å². The zero-order chi connectivity index (χ0) is 9.52. The average molecular weight is 182 g/mol. The Morgan fingerprint density at radius 3 is 2.46 bits per heavy atom. The summed E-state index contributed by atoms with van der Waals surface area (Å²) in [4.78, 5) is 0. The van der Waals surface area contributed by atoms with Gasteiger partial charge in [0, 0.05) is 0 Å². The summed E-state index contributed by atoms with van der Waals surface area (Å²) < 4.78 is 0. The Morgan fingerprint density at radius 2 is 1.85 bits per heavy atom. The number of hydrogen-bond acceptors (Lipinski definition) is 0. The van der Waals surface area contributed by atoms with Crippen LogP contribution in [0.1, 0.15) is 71.6 Å². The zero-order valence-corrected chi connectivity index (χ0v) is 9.52. The first-order valence-corrected chi connectivity index (χ1v) is 6.33. The van der Waals surface area contributed by atoms with E-state index in [9.17, 15) is 0 Å². The second kappa shape index (κ2) is 6.45. The summed E-state index contributed by atoms with van der Waals surface area (Å²) in [5, 5.41) is 0. The highest BCUT2D eigenvalue weighted by molar-refractivity contribution is 4.66. The first-order valence-electron chi connectivity index (χ1n) is 6.33. The van der Waals surface area contributed by atoms with E-state index in [1.807, 2.05) is 0 Å². The largest absolute Gasteiger partial charge is 0.0651 e. The second-order valence-corrected chi connectivity index (χ2v) is 4.95. The molecule has 0 aromatic rings. The van der Waals surface area contributed by atoms with E-state index < -0.39 is 0 Å². The van der Waals surface area contributed by atoms with Crippen molar-refractivity contribution in [3.05, 3.63) is 0 Å². The molecule has 1 fully saturated rings. The highest BCUT2D eigenvalue weighted by atomic mass is 14.2. The SMILES string of the molecule is CCC(C)CCCC1CCCCC1. The van der Waals surface area contributed by atoms with Crippen LogP contribution in [0, 0.1) is 11.8 Å². The van der Waals surface area contributed by atoms with E-state index in [0.717, 1.165) is 11.8 Å². The summed E-state index contributed by atoms with van der Waals surface area (Å²) in [5.41, 5.74) is 0. The van der Waals surface area contributed by atoms with Gasteiger partial charge in [0.1, 0.15) is 0 Å². The van der Waals surface area contributed by atoms with Crippen molar-refractivity contribution in [2.45, 2.75) is 71.6 Å². The lowest BCUT2D eigenvalue weighted by molar-refractivity contribution is 0.320. The van der Waals surface area contributed by atoms with Crippen LogP contribution >= 0.6 is 0 Å². The van der Waals surface area contributed by atoms with Gasteiger partial charge in [-0.25, -0.2) is 0 Å². The summed E-state index contributed by atoms with van der Waals surface area (Å²) in [6, 6.07) is 0. The molecule has 0 amide bonds. The highest BCUT2D eigenvalue weighted by Gasteiger charge is 2.12. The molecule has 1 atom stereocenters. The molecule has 0 aromatic heterocycles. The molecule has 1 unspecified atom stereocenters. The van der Waals surface area contributed by atoms with Crippen LogP contribution in [0.25, 0.3) is 0 Å². The molecule has 1 saturated carbocycles. The first kappa shape index (κ1) is 11.1. The van der Waals surface area contributed by atoms with Gasteiger partial charge in [-0.15, -0.1) is 0 Å². The predicted octanol–water partition coefficient (Wildman–Crippen LogP) is 4.78. The Bertz CT molecular complexity index is 111. The van der Waals surface area contributed by atoms with Gasteiger partial charge in [-0.05, 0) is 11.8 Å². The number of hydrogen-bond donors (Lipinski definition) is 0. The second-order valence-electron chi connectivity index (χ2n) is 4.95.